The zero-order valence-electron chi connectivity index (χ0n) is 16.1. The highest BCUT2D eigenvalue weighted by Gasteiger charge is 2.39. The van der Waals surface area contributed by atoms with Gasteiger partial charge in [-0.05, 0) is 36.2 Å². The minimum Gasteiger partial charge on any atom is -0.497 e. The van der Waals surface area contributed by atoms with Crippen LogP contribution in [0.1, 0.15) is 17.9 Å². The average Bonchev–Trinajstić information content (AvgIpc) is 3.52. The summed E-state index contributed by atoms with van der Waals surface area (Å²) in [5.74, 6) is 2.55. The molecule has 1 heterocycles. The molecule has 5 heteroatoms. The topological polar surface area (TPSA) is 40.1 Å². The van der Waals surface area contributed by atoms with Crippen LogP contribution in [0.2, 0.25) is 0 Å². The molecular weight excluding hydrogens is 336 g/mol. The Hall–Kier alpha value is -2.69. The van der Waals surface area contributed by atoms with Crippen LogP contribution < -0.4 is 15.0 Å². The van der Waals surface area contributed by atoms with Gasteiger partial charge in [-0.25, -0.2) is 0 Å². The molecule has 1 N–H and O–H groups in total. The van der Waals surface area contributed by atoms with Crippen LogP contribution in [0.5, 0.6) is 5.75 Å². The predicted octanol–water partition coefficient (Wildman–Crippen LogP) is 2.95. The number of rotatable bonds is 4. The summed E-state index contributed by atoms with van der Waals surface area (Å²) in [4.78, 5) is 9.34. The van der Waals surface area contributed by atoms with E-state index in [1.54, 1.807) is 7.11 Å². The van der Waals surface area contributed by atoms with Crippen LogP contribution >= 0.6 is 0 Å². The predicted molar refractivity (Wildman–Crippen MR) is 111 cm³/mol. The van der Waals surface area contributed by atoms with Gasteiger partial charge in [0, 0.05) is 50.9 Å². The first-order chi connectivity index (χ1) is 13.3. The van der Waals surface area contributed by atoms with Gasteiger partial charge in [-0.1, -0.05) is 30.3 Å². The Balaban J connectivity index is 1.30. The van der Waals surface area contributed by atoms with Crippen LogP contribution in [0, 0.1) is 0 Å². The smallest absolute Gasteiger partial charge is 0.194 e. The van der Waals surface area contributed by atoms with E-state index in [0.717, 1.165) is 37.9 Å². The molecule has 4 rings (SSSR count). The van der Waals surface area contributed by atoms with Crippen molar-refractivity contribution in [1.29, 1.82) is 0 Å². The van der Waals surface area contributed by atoms with E-state index in [9.17, 15) is 0 Å². The number of ether oxygens (including phenoxy) is 1. The minimum absolute atomic E-state index is 0.505. The summed E-state index contributed by atoms with van der Waals surface area (Å²) < 4.78 is 5.25. The molecule has 2 aromatic carbocycles. The second-order valence-corrected chi connectivity index (χ2v) is 7.22. The van der Waals surface area contributed by atoms with Crippen LogP contribution in [0.15, 0.2) is 59.6 Å². The molecule has 2 aromatic rings. The monoisotopic (exact) mass is 364 g/mol. The van der Waals surface area contributed by atoms with Gasteiger partial charge < -0.3 is 19.9 Å². The lowest BCUT2D eigenvalue weighted by Crippen LogP contribution is -2.53. The Labute approximate surface area is 161 Å². The number of methoxy groups -OCH3 is 1. The van der Waals surface area contributed by atoms with Crippen LogP contribution in [-0.4, -0.2) is 57.2 Å². The van der Waals surface area contributed by atoms with E-state index < -0.39 is 0 Å². The number of nitrogens with zero attached hydrogens (tertiary/aromatic N) is 3. The molecule has 2 aliphatic rings. The Morgan fingerprint density at radius 2 is 1.70 bits per heavy atom. The van der Waals surface area contributed by atoms with Gasteiger partial charge in [0.25, 0.3) is 0 Å². The van der Waals surface area contributed by atoms with Gasteiger partial charge in [-0.3, -0.25) is 4.99 Å². The maximum atomic E-state index is 5.25. The highest BCUT2D eigenvalue weighted by atomic mass is 16.5. The van der Waals surface area contributed by atoms with Crippen LogP contribution in [-0.2, 0) is 0 Å². The Morgan fingerprint density at radius 3 is 2.33 bits per heavy atom. The minimum atomic E-state index is 0.505. The standard InChI is InChI=1S/C22H28N4O/c1-23-22(24-21-16-20(21)17-6-4-3-5-7-17)26-14-12-25(13-15-26)18-8-10-19(27-2)11-9-18/h3-11,20-21H,12-16H2,1-2H3,(H,23,24). The van der Waals surface area contributed by atoms with Crippen molar-refractivity contribution < 1.29 is 4.74 Å². The van der Waals surface area contributed by atoms with E-state index in [0.29, 0.717) is 12.0 Å². The Bertz CT molecular complexity index is 767. The molecule has 1 saturated heterocycles. The van der Waals surface area contributed by atoms with E-state index in [4.69, 9.17) is 4.74 Å². The highest BCUT2D eigenvalue weighted by Crippen LogP contribution is 2.40. The summed E-state index contributed by atoms with van der Waals surface area (Å²) in [6.07, 6.45) is 1.19. The number of hydrogen-bond donors (Lipinski definition) is 1. The van der Waals surface area contributed by atoms with Crippen LogP contribution in [0.25, 0.3) is 0 Å². The van der Waals surface area contributed by atoms with E-state index in [1.807, 2.05) is 19.2 Å². The van der Waals surface area contributed by atoms with Gasteiger partial charge in [0.2, 0.25) is 0 Å². The van der Waals surface area contributed by atoms with Crippen LogP contribution in [0.4, 0.5) is 5.69 Å². The fraction of sp³-hybridized carbons (Fsp3) is 0.409. The van der Waals surface area contributed by atoms with Gasteiger partial charge in [-0.15, -0.1) is 0 Å². The molecule has 1 saturated carbocycles. The zero-order valence-corrected chi connectivity index (χ0v) is 16.1. The molecule has 5 nitrogen and oxygen atoms in total. The van der Waals surface area contributed by atoms with E-state index in [-0.39, 0.29) is 0 Å². The van der Waals surface area contributed by atoms with Crippen molar-refractivity contribution in [1.82, 2.24) is 10.2 Å². The molecule has 0 radical (unpaired) electrons. The van der Waals surface area contributed by atoms with Gasteiger partial charge in [0.1, 0.15) is 5.75 Å². The number of benzene rings is 2. The van der Waals surface area contributed by atoms with Crippen molar-refractivity contribution in [3.63, 3.8) is 0 Å². The lowest BCUT2D eigenvalue weighted by molar-refractivity contribution is 0.372. The highest BCUT2D eigenvalue weighted by molar-refractivity contribution is 5.81. The summed E-state index contributed by atoms with van der Waals surface area (Å²) in [6, 6.07) is 19.6. The van der Waals surface area contributed by atoms with Gasteiger partial charge in [0.05, 0.1) is 7.11 Å². The first-order valence-corrected chi connectivity index (χ1v) is 9.70. The van der Waals surface area contributed by atoms with Crippen molar-refractivity contribution >= 4 is 11.6 Å². The number of hydrogen-bond acceptors (Lipinski definition) is 3. The molecule has 0 amide bonds. The first kappa shape index (κ1) is 17.7. The summed E-state index contributed by atoms with van der Waals surface area (Å²) in [5.41, 5.74) is 2.68. The third kappa shape index (κ3) is 4.02. The quantitative estimate of drug-likeness (QED) is 0.669. The molecule has 0 spiro atoms. The Morgan fingerprint density at radius 1 is 1.00 bits per heavy atom. The number of nitrogens with one attached hydrogen (secondary N) is 1. The van der Waals surface area contributed by atoms with Crippen molar-refractivity contribution in [2.75, 3.05) is 45.2 Å². The molecule has 142 valence electrons. The molecule has 2 fully saturated rings. The number of guanidine groups is 1. The van der Waals surface area contributed by atoms with E-state index >= 15 is 0 Å². The average molecular weight is 364 g/mol. The van der Waals surface area contributed by atoms with Crippen LogP contribution in [0.3, 0.4) is 0 Å². The first-order valence-electron chi connectivity index (χ1n) is 9.70. The van der Waals surface area contributed by atoms with E-state index in [1.165, 1.54) is 17.7 Å². The summed E-state index contributed by atoms with van der Waals surface area (Å²) >= 11 is 0. The fourth-order valence-corrected chi connectivity index (χ4v) is 3.86. The summed E-state index contributed by atoms with van der Waals surface area (Å²) in [5, 5.41) is 3.67. The SMILES string of the molecule is CN=C(NC1CC1c1ccccc1)N1CCN(c2ccc(OC)cc2)CC1. The fourth-order valence-electron chi connectivity index (χ4n) is 3.86. The third-order valence-electron chi connectivity index (χ3n) is 5.56. The maximum Gasteiger partial charge on any atom is 0.194 e. The number of aliphatic imine (C=N–C) groups is 1. The second-order valence-electron chi connectivity index (χ2n) is 7.22. The molecule has 2 atom stereocenters. The molecule has 1 aliphatic carbocycles. The van der Waals surface area contributed by atoms with Gasteiger partial charge in [-0.2, -0.15) is 0 Å². The Kier molecular flexibility index (Phi) is 5.19. The molecular formula is C22H28N4O. The number of piperazine rings is 1. The molecule has 1 aliphatic heterocycles. The van der Waals surface area contributed by atoms with Crippen molar-refractivity contribution in [3.05, 3.63) is 60.2 Å². The maximum absolute atomic E-state index is 5.25. The van der Waals surface area contributed by atoms with Gasteiger partial charge >= 0.3 is 0 Å². The van der Waals surface area contributed by atoms with Gasteiger partial charge in [0.15, 0.2) is 5.96 Å². The zero-order chi connectivity index (χ0) is 18.6. The lowest BCUT2D eigenvalue weighted by Gasteiger charge is -2.37. The molecule has 0 aromatic heterocycles. The lowest BCUT2D eigenvalue weighted by atomic mass is 10.1. The van der Waals surface area contributed by atoms with Crippen molar-refractivity contribution in [2.24, 2.45) is 4.99 Å². The summed E-state index contributed by atoms with van der Waals surface area (Å²) in [6.45, 7) is 3.96. The largest absolute Gasteiger partial charge is 0.497 e. The van der Waals surface area contributed by atoms with Crippen molar-refractivity contribution in [3.8, 4) is 5.75 Å². The number of anilines is 1. The normalized spacial score (nSPS) is 22.5. The van der Waals surface area contributed by atoms with Crippen molar-refractivity contribution in [2.45, 2.75) is 18.4 Å². The van der Waals surface area contributed by atoms with E-state index in [2.05, 4.69) is 62.6 Å². The summed E-state index contributed by atoms with van der Waals surface area (Å²) in [7, 11) is 3.59. The molecule has 27 heavy (non-hydrogen) atoms. The second kappa shape index (κ2) is 7.91. The molecule has 2 unspecified atom stereocenters. The third-order valence-corrected chi connectivity index (χ3v) is 5.56. The molecule has 0 bridgehead atoms.